The highest BCUT2D eigenvalue weighted by molar-refractivity contribution is 7.90. The second-order valence-electron chi connectivity index (χ2n) is 8.76. The smallest absolute Gasteiger partial charge is 0.295 e. The van der Waals surface area contributed by atoms with Gasteiger partial charge < -0.3 is 15.4 Å². The third-order valence-electron chi connectivity index (χ3n) is 6.02. The number of anilines is 4. The second kappa shape index (κ2) is 10.4. The Balaban J connectivity index is 1.70. The molecule has 0 radical (unpaired) electrons. The molecule has 4 aromatic rings. The Kier molecular flexibility index (Phi) is 6.96. The molecule has 1 aliphatic rings. The van der Waals surface area contributed by atoms with E-state index in [1.54, 1.807) is 42.5 Å². The minimum Gasteiger partial charge on any atom is -0.358 e. The van der Waals surface area contributed by atoms with Crippen LogP contribution in [0.25, 0.3) is 11.2 Å². The topological polar surface area (TPSA) is 111 Å². The van der Waals surface area contributed by atoms with Crippen molar-refractivity contribution in [3.05, 3.63) is 60.0 Å². The summed E-state index contributed by atoms with van der Waals surface area (Å²) < 4.78 is 60.4. The van der Waals surface area contributed by atoms with Gasteiger partial charge in [0, 0.05) is 18.9 Å². The fourth-order valence-electron chi connectivity index (χ4n) is 4.36. The molecule has 1 unspecified atom stereocenters. The zero-order valence-electron chi connectivity index (χ0n) is 20.4. The van der Waals surface area contributed by atoms with Crippen molar-refractivity contribution >= 4 is 44.0 Å². The van der Waals surface area contributed by atoms with Crippen LogP contribution in [0.3, 0.4) is 0 Å². The lowest BCUT2D eigenvalue weighted by Crippen LogP contribution is -2.20. The van der Waals surface area contributed by atoms with Gasteiger partial charge in [-0.3, -0.25) is 4.57 Å². The molecular weight excluding hydrogens is 514 g/mol. The molecule has 0 amide bonds. The summed E-state index contributed by atoms with van der Waals surface area (Å²) in [6, 6.07) is 13.0. The zero-order chi connectivity index (χ0) is 26.9. The lowest BCUT2D eigenvalue weighted by molar-refractivity contribution is -0.0363. The van der Waals surface area contributed by atoms with Crippen molar-refractivity contribution in [2.24, 2.45) is 0 Å². The van der Waals surface area contributed by atoms with Crippen molar-refractivity contribution in [3.8, 4) is 12.3 Å². The molecule has 196 valence electrons. The average molecular weight is 539 g/mol. The summed E-state index contributed by atoms with van der Waals surface area (Å²) in [5.41, 5.74) is 1.25. The first-order chi connectivity index (χ1) is 18.2. The van der Waals surface area contributed by atoms with Crippen molar-refractivity contribution in [1.82, 2.24) is 19.5 Å². The van der Waals surface area contributed by atoms with E-state index in [-0.39, 0.29) is 33.3 Å². The number of hydrogen-bond donors (Lipinski definition) is 2. The van der Waals surface area contributed by atoms with Crippen LogP contribution in [-0.2, 0) is 14.6 Å². The molecule has 0 bridgehead atoms. The molecule has 1 atom stereocenters. The minimum atomic E-state index is -3.59. The van der Waals surface area contributed by atoms with Crippen LogP contribution in [0.1, 0.15) is 43.4 Å². The molecule has 1 saturated heterocycles. The monoisotopic (exact) mass is 538 g/mol. The van der Waals surface area contributed by atoms with E-state index >= 15 is 0 Å². The summed E-state index contributed by atoms with van der Waals surface area (Å²) in [5, 5.41) is 6.14. The fourth-order valence-corrected chi connectivity index (χ4v) is 5.20. The third-order valence-corrected chi connectivity index (χ3v) is 7.18. The number of hydrogen-bond acceptors (Lipinski definition) is 8. The molecule has 1 fully saturated rings. The van der Waals surface area contributed by atoms with E-state index in [0.29, 0.717) is 24.5 Å². The number of rotatable bonds is 7. The van der Waals surface area contributed by atoms with Gasteiger partial charge >= 0.3 is 0 Å². The predicted octanol–water partition coefficient (Wildman–Crippen LogP) is 5.34. The Hall–Kier alpha value is -4.08. The highest BCUT2D eigenvalue weighted by Crippen LogP contribution is 2.37. The van der Waals surface area contributed by atoms with E-state index in [2.05, 4.69) is 31.5 Å². The van der Waals surface area contributed by atoms with E-state index in [1.807, 2.05) is 0 Å². The standard InChI is InChI=1S/C26H24F2N6O3S/c1-3-16-9-8-12-20(29-16)31-21-15-18(30-17-10-4-5-11-19(17)38(2,35)36)23-25(32-21)34(26(33-23)24(27)28)22-13-6-7-14-37-22/h1,4-5,8-12,15,22,24H,6-7,13-14H2,2H3,(H2,29,30,31,32). The number of fused-ring (bicyclic) bond motifs is 1. The summed E-state index contributed by atoms with van der Waals surface area (Å²) in [6.07, 6.45) is 5.17. The van der Waals surface area contributed by atoms with Gasteiger partial charge in [0.1, 0.15) is 29.1 Å². The first-order valence-corrected chi connectivity index (χ1v) is 13.7. The molecule has 1 aromatic carbocycles. The molecule has 0 saturated carbocycles. The summed E-state index contributed by atoms with van der Waals surface area (Å²) in [6.45, 7) is 0.431. The van der Waals surface area contributed by atoms with E-state index in [0.717, 1.165) is 19.1 Å². The van der Waals surface area contributed by atoms with E-state index < -0.39 is 28.3 Å². The van der Waals surface area contributed by atoms with Crippen LogP contribution in [0.15, 0.2) is 53.4 Å². The summed E-state index contributed by atoms with van der Waals surface area (Å²) in [7, 11) is -3.59. The van der Waals surface area contributed by atoms with Crippen molar-refractivity contribution in [3.63, 3.8) is 0 Å². The largest absolute Gasteiger partial charge is 0.358 e. The number of pyridine rings is 2. The molecule has 4 heterocycles. The van der Waals surface area contributed by atoms with Crippen molar-refractivity contribution in [2.45, 2.75) is 36.8 Å². The maximum absolute atomic E-state index is 14.2. The van der Waals surface area contributed by atoms with Crippen LogP contribution in [0.2, 0.25) is 0 Å². The van der Waals surface area contributed by atoms with Crippen molar-refractivity contribution < 1.29 is 21.9 Å². The maximum atomic E-state index is 14.2. The summed E-state index contributed by atoms with van der Waals surface area (Å²) >= 11 is 0. The molecule has 2 N–H and O–H groups in total. The number of nitrogens with one attached hydrogen (secondary N) is 2. The molecule has 1 aliphatic heterocycles. The normalized spacial score (nSPS) is 15.9. The van der Waals surface area contributed by atoms with Crippen LogP contribution < -0.4 is 10.6 Å². The van der Waals surface area contributed by atoms with Crippen molar-refractivity contribution in [1.29, 1.82) is 0 Å². The van der Waals surface area contributed by atoms with E-state index in [1.165, 1.54) is 10.6 Å². The molecule has 0 aliphatic carbocycles. The number of ether oxygens (including phenoxy) is 1. The summed E-state index contributed by atoms with van der Waals surface area (Å²) in [4.78, 5) is 13.2. The average Bonchev–Trinajstić information content (AvgIpc) is 3.29. The third kappa shape index (κ3) is 5.16. The number of imidazole rings is 1. The van der Waals surface area contributed by atoms with Crippen LogP contribution >= 0.6 is 0 Å². The van der Waals surface area contributed by atoms with Gasteiger partial charge in [-0.05, 0) is 43.5 Å². The number of aromatic nitrogens is 4. The number of halogens is 2. The maximum Gasteiger partial charge on any atom is 0.295 e. The van der Waals surface area contributed by atoms with Gasteiger partial charge in [-0.25, -0.2) is 32.2 Å². The molecular formula is C26H24F2N6O3S. The van der Waals surface area contributed by atoms with Crippen molar-refractivity contribution in [2.75, 3.05) is 23.5 Å². The van der Waals surface area contributed by atoms with Crippen LogP contribution in [0.4, 0.5) is 31.8 Å². The Morgan fingerprint density at radius 3 is 2.58 bits per heavy atom. The van der Waals surface area contributed by atoms with Crippen LogP contribution in [-0.4, -0.2) is 40.8 Å². The van der Waals surface area contributed by atoms with Gasteiger partial charge in [0.2, 0.25) is 0 Å². The molecule has 38 heavy (non-hydrogen) atoms. The highest BCUT2D eigenvalue weighted by Gasteiger charge is 2.29. The first kappa shape index (κ1) is 25.6. The lowest BCUT2D eigenvalue weighted by Gasteiger charge is -2.25. The quantitative estimate of drug-likeness (QED) is 0.304. The van der Waals surface area contributed by atoms with Gasteiger partial charge in [-0.15, -0.1) is 6.42 Å². The van der Waals surface area contributed by atoms with Gasteiger partial charge in [-0.1, -0.05) is 24.1 Å². The Labute approximate surface area is 218 Å². The molecule has 5 rings (SSSR count). The van der Waals surface area contributed by atoms with Gasteiger partial charge in [0.05, 0.1) is 16.3 Å². The number of alkyl halides is 2. The van der Waals surface area contributed by atoms with Crippen LogP contribution in [0, 0.1) is 12.3 Å². The summed E-state index contributed by atoms with van der Waals surface area (Å²) in [5.74, 6) is 2.63. The molecule has 0 spiro atoms. The Bertz CT molecular complexity index is 1640. The molecule has 12 heteroatoms. The number of benzene rings is 1. The number of para-hydroxylation sites is 1. The Morgan fingerprint density at radius 2 is 1.87 bits per heavy atom. The fraction of sp³-hybridized carbons (Fsp3) is 0.269. The molecule has 3 aromatic heterocycles. The SMILES string of the molecule is C#Cc1cccc(Nc2cc(Nc3ccccc3S(C)(=O)=O)c3nc(C(F)F)n(C4CCCCO4)c3n2)n1. The number of nitrogens with zero attached hydrogens (tertiary/aromatic N) is 4. The van der Waals surface area contributed by atoms with Gasteiger partial charge in [0.15, 0.2) is 21.3 Å². The van der Waals surface area contributed by atoms with Crippen LogP contribution in [0.5, 0.6) is 0 Å². The van der Waals surface area contributed by atoms with E-state index in [4.69, 9.17) is 11.2 Å². The number of sulfone groups is 1. The number of terminal acetylenes is 1. The van der Waals surface area contributed by atoms with Gasteiger partial charge in [-0.2, -0.15) is 0 Å². The predicted molar refractivity (Wildman–Crippen MR) is 140 cm³/mol. The Morgan fingerprint density at radius 1 is 1.05 bits per heavy atom. The van der Waals surface area contributed by atoms with Gasteiger partial charge in [0.25, 0.3) is 6.43 Å². The highest BCUT2D eigenvalue weighted by atomic mass is 32.2. The molecule has 9 nitrogen and oxygen atoms in total. The second-order valence-corrected chi connectivity index (χ2v) is 10.7. The van der Waals surface area contributed by atoms with E-state index in [9.17, 15) is 17.2 Å². The zero-order valence-corrected chi connectivity index (χ0v) is 21.2. The lowest BCUT2D eigenvalue weighted by atomic mass is 10.2. The minimum absolute atomic E-state index is 0.0481. The first-order valence-electron chi connectivity index (χ1n) is 11.8.